The fourth-order valence-corrected chi connectivity index (χ4v) is 2.69. The van der Waals surface area contributed by atoms with E-state index in [2.05, 4.69) is 4.98 Å². The lowest BCUT2D eigenvalue weighted by Gasteiger charge is -2.05. The Labute approximate surface area is 116 Å². The minimum atomic E-state index is 0.0676. The molecular formula is C14H16N2O2S. The molecule has 0 unspecified atom stereocenters. The lowest BCUT2D eigenvalue weighted by atomic mass is 10.3. The highest BCUT2D eigenvalue weighted by Crippen LogP contribution is 2.20. The minimum Gasteiger partial charge on any atom is -0.493 e. The van der Waals surface area contributed by atoms with Gasteiger partial charge in [-0.05, 0) is 19.1 Å². The number of aromatic nitrogens is 1. The number of anilines is 1. The van der Waals surface area contributed by atoms with E-state index in [9.17, 15) is 4.79 Å². The van der Waals surface area contributed by atoms with Crippen molar-refractivity contribution in [2.75, 3.05) is 12.3 Å². The zero-order valence-electron chi connectivity index (χ0n) is 11.0. The van der Waals surface area contributed by atoms with Crippen LogP contribution in [-0.4, -0.2) is 17.4 Å². The van der Waals surface area contributed by atoms with Crippen molar-refractivity contribution < 1.29 is 9.53 Å². The normalized spacial score (nSPS) is 10.4. The smallest absolute Gasteiger partial charge is 0.171 e. The second-order valence-electron chi connectivity index (χ2n) is 4.25. The monoisotopic (exact) mass is 276 g/mol. The number of Topliss-reactive ketones (excluding diaryl/α,β-unsaturated/α-hetero) is 1. The van der Waals surface area contributed by atoms with Gasteiger partial charge in [0.2, 0.25) is 0 Å². The van der Waals surface area contributed by atoms with Gasteiger partial charge in [-0.3, -0.25) is 4.79 Å². The molecule has 1 aromatic heterocycles. The summed E-state index contributed by atoms with van der Waals surface area (Å²) < 4.78 is 5.60. The van der Waals surface area contributed by atoms with Gasteiger partial charge >= 0.3 is 0 Å². The minimum absolute atomic E-state index is 0.0676. The van der Waals surface area contributed by atoms with Crippen LogP contribution in [0.15, 0.2) is 24.3 Å². The molecule has 0 spiro atoms. The van der Waals surface area contributed by atoms with Crippen LogP contribution in [0.2, 0.25) is 0 Å². The summed E-state index contributed by atoms with van der Waals surface area (Å²) in [5, 5.41) is 0.923. The first kappa shape index (κ1) is 13.5. The first-order chi connectivity index (χ1) is 9.06. The number of hydrogen-bond donors (Lipinski definition) is 1. The Bertz CT molecular complexity index is 593. The highest BCUT2D eigenvalue weighted by atomic mass is 32.1. The fraction of sp³-hybridized carbons (Fsp3) is 0.286. The average Bonchev–Trinajstić information content (AvgIpc) is 2.71. The van der Waals surface area contributed by atoms with E-state index < -0.39 is 0 Å². The van der Waals surface area contributed by atoms with Crippen molar-refractivity contribution in [3.8, 4) is 5.75 Å². The maximum atomic E-state index is 11.3. The zero-order chi connectivity index (χ0) is 13.8. The van der Waals surface area contributed by atoms with Gasteiger partial charge in [-0.2, -0.15) is 0 Å². The molecule has 2 N–H and O–H groups in total. The number of nitrogens with two attached hydrogens (primary N) is 1. The number of aryl methyl sites for hydroxylation is 1. The molecule has 2 rings (SSSR count). The Balaban J connectivity index is 1.92. The van der Waals surface area contributed by atoms with Crippen molar-refractivity contribution in [2.45, 2.75) is 20.3 Å². The average molecular weight is 276 g/mol. The summed E-state index contributed by atoms with van der Waals surface area (Å²) in [5.74, 6) is 0.818. The van der Waals surface area contributed by atoms with Crippen molar-refractivity contribution in [3.63, 3.8) is 0 Å². The Hall–Kier alpha value is -1.88. The quantitative estimate of drug-likeness (QED) is 0.673. The van der Waals surface area contributed by atoms with Crippen LogP contribution >= 0.6 is 11.3 Å². The van der Waals surface area contributed by atoms with Crippen LogP contribution in [0, 0.1) is 6.92 Å². The van der Waals surface area contributed by atoms with Gasteiger partial charge < -0.3 is 10.5 Å². The van der Waals surface area contributed by atoms with Crippen LogP contribution in [0.3, 0.4) is 0 Å². The van der Waals surface area contributed by atoms with Crippen LogP contribution in [0.1, 0.15) is 27.3 Å². The molecule has 0 amide bonds. The van der Waals surface area contributed by atoms with Gasteiger partial charge in [-0.1, -0.05) is 6.07 Å². The summed E-state index contributed by atoms with van der Waals surface area (Å²) >= 11 is 1.44. The van der Waals surface area contributed by atoms with Crippen molar-refractivity contribution in [1.29, 1.82) is 0 Å². The molecule has 100 valence electrons. The first-order valence-electron chi connectivity index (χ1n) is 6.02. The fourth-order valence-electron chi connectivity index (χ4n) is 1.75. The number of nitrogen functional groups attached to an aromatic ring is 1. The van der Waals surface area contributed by atoms with Gasteiger partial charge in [0, 0.05) is 25.1 Å². The third-order valence-corrected chi connectivity index (χ3v) is 3.92. The molecule has 19 heavy (non-hydrogen) atoms. The van der Waals surface area contributed by atoms with Crippen molar-refractivity contribution in [3.05, 3.63) is 39.8 Å². The molecule has 0 radical (unpaired) electrons. The molecule has 0 aliphatic rings. The number of nitrogens with zero attached hydrogens (tertiary/aromatic N) is 1. The second kappa shape index (κ2) is 5.84. The molecule has 0 atom stereocenters. The summed E-state index contributed by atoms with van der Waals surface area (Å²) in [6.07, 6.45) is 0.688. The van der Waals surface area contributed by atoms with Crippen LogP contribution in [-0.2, 0) is 6.42 Å². The molecule has 2 aromatic rings. The van der Waals surface area contributed by atoms with Crippen molar-refractivity contribution in [2.24, 2.45) is 0 Å². The third-order valence-electron chi connectivity index (χ3n) is 2.60. The largest absolute Gasteiger partial charge is 0.493 e. The number of carbonyl (C=O) groups excluding carboxylic acids is 1. The summed E-state index contributed by atoms with van der Waals surface area (Å²) in [5.41, 5.74) is 7.15. The molecule has 0 aliphatic heterocycles. The van der Waals surface area contributed by atoms with Crippen LogP contribution < -0.4 is 10.5 Å². The molecular weight excluding hydrogens is 260 g/mol. The summed E-state index contributed by atoms with van der Waals surface area (Å²) in [6, 6.07) is 7.32. The molecule has 0 bridgehead atoms. The maximum Gasteiger partial charge on any atom is 0.171 e. The van der Waals surface area contributed by atoms with Gasteiger partial charge in [-0.25, -0.2) is 4.98 Å². The Morgan fingerprint density at radius 2 is 2.26 bits per heavy atom. The number of benzene rings is 1. The van der Waals surface area contributed by atoms with Gasteiger partial charge in [0.15, 0.2) is 5.78 Å². The molecule has 0 fully saturated rings. The highest BCUT2D eigenvalue weighted by Gasteiger charge is 2.11. The summed E-state index contributed by atoms with van der Waals surface area (Å²) in [7, 11) is 0. The highest BCUT2D eigenvalue weighted by molar-refractivity contribution is 7.13. The summed E-state index contributed by atoms with van der Waals surface area (Å²) in [6.45, 7) is 3.94. The molecule has 1 heterocycles. The van der Waals surface area contributed by atoms with Crippen LogP contribution in [0.5, 0.6) is 5.75 Å². The number of ether oxygens (including phenoxy) is 1. The molecule has 4 nitrogen and oxygen atoms in total. The van der Waals surface area contributed by atoms with E-state index in [1.807, 2.05) is 25.1 Å². The van der Waals surface area contributed by atoms with Gasteiger partial charge in [0.1, 0.15) is 5.75 Å². The number of rotatable bonds is 5. The second-order valence-corrected chi connectivity index (χ2v) is 5.33. The Kier molecular flexibility index (Phi) is 4.16. The molecule has 0 saturated carbocycles. The molecule has 1 aromatic carbocycles. The number of thiazole rings is 1. The standard InChI is InChI=1S/C14H16N2O2S/c1-9-14(10(2)17)19-13(16-9)6-7-18-12-5-3-4-11(15)8-12/h3-5,8H,6-7,15H2,1-2H3. The van der Waals surface area contributed by atoms with Crippen LogP contribution in [0.4, 0.5) is 5.69 Å². The molecule has 0 saturated heterocycles. The van der Waals surface area contributed by atoms with Gasteiger partial charge in [0.25, 0.3) is 0 Å². The van der Waals surface area contributed by atoms with E-state index in [0.717, 1.165) is 21.3 Å². The number of hydrogen-bond acceptors (Lipinski definition) is 5. The molecule has 0 aliphatic carbocycles. The van der Waals surface area contributed by atoms with E-state index in [1.165, 1.54) is 11.3 Å². The third kappa shape index (κ3) is 3.54. The Morgan fingerprint density at radius 3 is 2.89 bits per heavy atom. The summed E-state index contributed by atoms with van der Waals surface area (Å²) in [4.78, 5) is 16.4. The maximum absolute atomic E-state index is 11.3. The zero-order valence-corrected chi connectivity index (χ0v) is 11.8. The predicted octanol–water partition coefficient (Wildman–Crippen LogP) is 2.86. The van der Waals surface area contributed by atoms with E-state index in [4.69, 9.17) is 10.5 Å². The topological polar surface area (TPSA) is 65.2 Å². The number of carbonyl (C=O) groups is 1. The van der Waals surface area contributed by atoms with E-state index >= 15 is 0 Å². The Morgan fingerprint density at radius 1 is 1.47 bits per heavy atom. The van der Waals surface area contributed by atoms with Crippen molar-refractivity contribution in [1.82, 2.24) is 4.98 Å². The van der Waals surface area contributed by atoms with Crippen molar-refractivity contribution >= 4 is 22.8 Å². The predicted molar refractivity (Wildman–Crippen MR) is 76.9 cm³/mol. The van der Waals surface area contributed by atoms with Crippen LogP contribution in [0.25, 0.3) is 0 Å². The van der Waals surface area contributed by atoms with Gasteiger partial charge in [0.05, 0.1) is 22.2 Å². The number of ketones is 1. The van der Waals surface area contributed by atoms with E-state index in [0.29, 0.717) is 18.7 Å². The first-order valence-corrected chi connectivity index (χ1v) is 6.83. The SMILES string of the molecule is CC(=O)c1sc(CCOc2cccc(N)c2)nc1C. The molecule has 5 heteroatoms. The van der Waals surface area contributed by atoms with E-state index in [1.54, 1.807) is 13.0 Å². The lowest BCUT2D eigenvalue weighted by molar-refractivity contribution is 0.102. The van der Waals surface area contributed by atoms with Gasteiger partial charge in [-0.15, -0.1) is 11.3 Å². The van der Waals surface area contributed by atoms with E-state index in [-0.39, 0.29) is 5.78 Å². The lowest BCUT2D eigenvalue weighted by Crippen LogP contribution is -2.01.